The Bertz CT molecular complexity index is 522. The number of benzene rings is 1. The zero-order valence-corrected chi connectivity index (χ0v) is 9.21. The first-order chi connectivity index (χ1) is 8.43. The standard InChI is InChI=1S/C14H12N2O/c1-2-5-11(6-3-1)14-9-13(16-17-14)12-7-4-8-15-10-12/h1-10,14,16H. The van der Waals surface area contributed by atoms with E-state index < -0.39 is 0 Å². The second kappa shape index (κ2) is 4.39. The number of pyridine rings is 1. The molecular weight excluding hydrogens is 212 g/mol. The quantitative estimate of drug-likeness (QED) is 0.851. The van der Waals surface area contributed by atoms with Gasteiger partial charge in [-0.3, -0.25) is 15.3 Å². The number of rotatable bonds is 2. The molecule has 0 aliphatic carbocycles. The van der Waals surface area contributed by atoms with E-state index in [1.165, 1.54) is 0 Å². The minimum Gasteiger partial charge on any atom is -0.266 e. The van der Waals surface area contributed by atoms with Gasteiger partial charge in [0.15, 0.2) is 0 Å². The topological polar surface area (TPSA) is 34.2 Å². The van der Waals surface area contributed by atoms with Crippen LogP contribution in [-0.4, -0.2) is 4.98 Å². The molecule has 0 radical (unpaired) electrons. The van der Waals surface area contributed by atoms with E-state index in [0.717, 1.165) is 16.8 Å². The Morgan fingerprint density at radius 1 is 1.06 bits per heavy atom. The Hall–Kier alpha value is -2.13. The predicted molar refractivity (Wildman–Crippen MR) is 65.6 cm³/mol. The zero-order valence-electron chi connectivity index (χ0n) is 9.21. The van der Waals surface area contributed by atoms with Gasteiger partial charge in [-0.1, -0.05) is 30.3 Å². The maximum absolute atomic E-state index is 5.54. The summed E-state index contributed by atoms with van der Waals surface area (Å²) in [4.78, 5) is 9.63. The number of hydrogen-bond acceptors (Lipinski definition) is 3. The van der Waals surface area contributed by atoms with Crippen LogP contribution in [0.4, 0.5) is 0 Å². The van der Waals surface area contributed by atoms with Gasteiger partial charge in [-0.05, 0) is 23.8 Å². The maximum Gasteiger partial charge on any atom is 0.131 e. The number of aromatic nitrogens is 1. The largest absolute Gasteiger partial charge is 0.266 e. The first-order valence-corrected chi connectivity index (χ1v) is 5.52. The Balaban J connectivity index is 1.87. The molecule has 3 rings (SSSR count). The van der Waals surface area contributed by atoms with E-state index >= 15 is 0 Å². The highest BCUT2D eigenvalue weighted by Crippen LogP contribution is 2.27. The van der Waals surface area contributed by atoms with Crippen LogP contribution in [-0.2, 0) is 4.84 Å². The lowest BCUT2D eigenvalue weighted by Gasteiger charge is -2.06. The molecule has 1 aromatic heterocycles. The SMILES string of the molecule is C1=C(c2cccnc2)NOC1c1ccccc1. The first kappa shape index (κ1) is 10.1. The van der Waals surface area contributed by atoms with Gasteiger partial charge in [-0.25, -0.2) is 0 Å². The van der Waals surface area contributed by atoms with Crippen LogP contribution >= 0.6 is 0 Å². The van der Waals surface area contributed by atoms with E-state index in [0.29, 0.717) is 0 Å². The van der Waals surface area contributed by atoms with Crippen molar-refractivity contribution >= 4 is 5.70 Å². The van der Waals surface area contributed by atoms with Gasteiger partial charge in [-0.15, -0.1) is 0 Å². The van der Waals surface area contributed by atoms with Gasteiger partial charge < -0.3 is 0 Å². The molecule has 0 saturated heterocycles. The average molecular weight is 224 g/mol. The van der Waals surface area contributed by atoms with E-state index in [2.05, 4.69) is 28.7 Å². The first-order valence-electron chi connectivity index (χ1n) is 5.52. The lowest BCUT2D eigenvalue weighted by atomic mass is 10.1. The summed E-state index contributed by atoms with van der Waals surface area (Å²) in [7, 11) is 0. The maximum atomic E-state index is 5.54. The molecule has 0 bridgehead atoms. The summed E-state index contributed by atoms with van der Waals surface area (Å²) < 4.78 is 0. The van der Waals surface area contributed by atoms with E-state index in [-0.39, 0.29) is 6.10 Å². The van der Waals surface area contributed by atoms with Crippen molar-refractivity contribution in [2.24, 2.45) is 0 Å². The Morgan fingerprint density at radius 2 is 1.94 bits per heavy atom. The highest BCUT2D eigenvalue weighted by Gasteiger charge is 2.18. The number of hydroxylamine groups is 1. The van der Waals surface area contributed by atoms with E-state index in [1.807, 2.05) is 36.5 Å². The Kier molecular flexibility index (Phi) is 2.60. The van der Waals surface area contributed by atoms with Crippen LogP contribution in [0.3, 0.4) is 0 Å². The summed E-state index contributed by atoms with van der Waals surface area (Å²) in [6.07, 6.45) is 5.60. The molecule has 3 heteroatoms. The van der Waals surface area contributed by atoms with Crippen molar-refractivity contribution in [3.63, 3.8) is 0 Å². The average Bonchev–Trinajstić information content (AvgIpc) is 2.90. The monoisotopic (exact) mass is 224 g/mol. The molecule has 1 N–H and O–H groups in total. The fraction of sp³-hybridized carbons (Fsp3) is 0.0714. The van der Waals surface area contributed by atoms with Crippen LogP contribution in [0, 0.1) is 0 Å². The molecule has 2 heterocycles. The van der Waals surface area contributed by atoms with Crippen LogP contribution < -0.4 is 5.48 Å². The third-order valence-corrected chi connectivity index (χ3v) is 2.71. The third-order valence-electron chi connectivity index (χ3n) is 2.71. The van der Waals surface area contributed by atoms with Crippen molar-refractivity contribution in [1.82, 2.24) is 10.5 Å². The summed E-state index contributed by atoms with van der Waals surface area (Å²) in [5.41, 5.74) is 6.08. The van der Waals surface area contributed by atoms with Gasteiger partial charge in [-0.2, -0.15) is 0 Å². The Morgan fingerprint density at radius 3 is 2.71 bits per heavy atom. The van der Waals surface area contributed by atoms with Crippen molar-refractivity contribution in [3.8, 4) is 0 Å². The predicted octanol–water partition coefficient (Wildman–Crippen LogP) is 2.70. The molecule has 1 aliphatic heterocycles. The van der Waals surface area contributed by atoms with Gasteiger partial charge in [0.1, 0.15) is 6.10 Å². The zero-order chi connectivity index (χ0) is 11.5. The summed E-state index contributed by atoms with van der Waals surface area (Å²) in [6, 6.07) is 14.0. The van der Waals surface area contributed by atoms with Crippen LogP contribution in [0.1, 0.15) is 17.2 Å². The lowest BCUT2D eigenvalue weighted by Crippen LogP contribution is -2.07. The molecule has 1 aromatic carbocycles. The van der Waals surface area contributed by atoms with Crippen molar-refractivity contribution in [2.45, 2.75) is 6.10 Å². The highest BCUT2D eigenvalue weighted by molar-refractivity contribution is 5.64. The molecule has 1 unspecified atom stereocenters. The van der Waals surface area contributed by atoms with Crippen molar-refractivity contribution in [1.29, 1.82) is 0 Å². The van der Waals surface area contributed by atoms with Gasteiger partial charge in [0.25, 0.3) is 0 Å². The van der Waals surface area contributed by atoms with E-state index in [9.17, 15) is 0 Å². The second-order valence-corrected chi connectivity index (χ2v) is 3.87. The number of nitrogens with one attached hydrogen (secondary N) is 1. The molecule has 3 nitrogen and oxygen atoms in total. The minimum absolute atomic E-state index is 0.0357. The fourth-order valence-corrected chi connectivity index (χ4v) is 1.83. The molecule has 1 atom stereocenters. The minimum atomic E-state index is -0.0357. The molecule has 0 saturated carbocycles. The lowest BCUT2D eigenvalue weighted by molar-refractivity contribution is 0.0511. The van der Waals surface area contributed by atoms with Crippen LogP contribution in [0.15, 0.2) is 60.9 Å². The van der Waals surface area contributed by atoms with Gasteiger partial charge in [0.05, 0.1) is 5.70 Å². The number of hydrogen-bond donors (Lipinski definition) is 1. The van der Waals surface area contributed by atoms with Crippen molar-refractivity contribution in [3.05, 3.63) is 72.1 Å². The van der Waals surface area contributed by atoms with Crippen LogP contribution in [0.5, 0.6) is 0 Å². The highest BCUT2D eigenvalue weighted by atomic mass is 16.7. The molecular formula is C14H12N2O. The number of nitrogens with zero attached hydrogens (tertiary/aromatic N) is 1. The molecule has 1 aliphatic rings. The van der Waals surface area contributed by atoms with Crippen LogP contribution in [0.25, 0.3) is 5.70 Å². The third kappa shape index (κ3) is 2.05. The summed E-state index contributed by atoms with van der Waals surface area (Å²) in [5.74, 6) is 0. The molecule has 0 amide bonds. The smallest absolute Gasteiger partial charge is 0.131 e. The van der Waals surface area contributed by atoms with Crippen LogP contribution in [0.2, 0.25) is 0 Å². The van der Waals surface area contributed by atoms with Crippen molar-refractivity contribution < 1.29 is 4.84 Å². The van der Waals surface area contributed by atoms with Gasteiger partial charge in [0, 0.05) is 18.0 Å². The molecule has 0 fully saturated rings. The fourth-order valence-electron chi connectivity index (χ4n) is 1.83. The summed E-state index contributed by atoms with van der Waals surface area (Å²) in [5, 5.41) is 0. The van der Waals surface area contributed by atoms with Gasteiger partial charge in [0.2, 0.25) is 0 Å². The van der Waals surface area contributed by atoms with Crippen molar-refractivity contribution in [2.75, 3.05) is 0 Å². The molecule has 0 spiro atoms. The van der Waals surface area contributed by atoms with E-state index in [4.69, 9.17) is 4.84 Å². The Labute approximate surface area is 99.7 Å². The normalized spacial score (nSPS) is 18.6. The molecule has 84 valence electrons. The summed E-state index contributed by atoms with van der Waals surface area (Å²) in [6.45, 7) is 0. The second-order valence-electron chi connectivity index (χ2n) is 3.87. The summed E-state index contributed by atoms with van der Waals surface area (Å²) >= 11 is 0. The van der Waals surface area contributed by atoms with E-state index in [1.54, 1.807) is 6.20 Å². The molecule has 2 aromatic rings. The molecule has 17 heavy (non-hydrogen) atoms. The van der Waals surface area contributed by atoms with Gasteiger partial charge >= 0.3 is 0 Å².